The molecule has 2 amide bonds. The van der Waals surface area contributed by atoms with E-state index in [0.717, 1.165) is 11.3 Å². The van der Waals surface area contributed by atoms with Crippen molar-refractivity contribution in [1.29, 1.82) is 0 Å². The average molecular weight is 515 g/mol. The van der Waals surface area contributed by atoms with E-state index >= 15 is 0 Å². The summed E-state index contributed by atoms with van der Waals surface area (Å²) in [7, 11) is -3.92. The van der Waals surface area contributed by atoms with Crippen molar-refractivity contribution in [3.05, 3.63) is 58.0 Å². The number of amides is 2. The van der Waals surface area contributed by atoms with Crippen molar-refractivity contribution in [2.45, 2.75) is 17.6 Å². The minimum atomic E-state index is -3.92. The molecule has 0 atom stereocenters. The number of benzene rings is 2. The molecule has 0 bridgehead atoms. The zero-order valence-electron chi connectivity index (χ0n) is 16.7. The molecule has 1 aliphatic rings. The lowest BCUT2D eigenvalue weighted by Gasteiger charge is -2.34. The molecule has 32 heavy (non-hydrogen) atoms. The Balaban J connectivity index is 1.62. The summed E-state index contributed by atoms with van der Waals surface area (Å²) in [5, 5.41) is 5.74. The van der Waals surface area contributed by atoms with Crippen LogP contribution in [-0.2, 0) is 10.0 Å². The fraction of sp³-hybridized carbons (Fsp3) is 0.200. The van der Waals surface area contributed by atoms with Crippen LogP contribution in [0.5, 0.6) is 0 Å². The molecule has 0 saturated carbocycles. The van der Waals surface area contributed by atoms with Crippen LogP contribution in [0.15, 0.2) is 40.6 Å². The molecule has 7 nitrogen and oxygen atoms in total. The van der Waals surface area contributed by atoms with Crippen LogP contribution in [0.3, 0.4) is 0 Å². The zero-order chi connectivity index (χ0) is 23.2. The van der Waals surface area contributed by atoms with Gasteiger partial charge in [-0.1, -0.05) is 46.7 Å². The van der Waals surface area contributed by atoms with E-state index in [9.17, 15) is 17.6 Å². The van der Waals surface area contributed by atoms with E-state index in [0.29, 0.717) is 35.8 Å². The molecule has 12 heteroatoms. The molecule has 2 heterocycles. The Hall–Kier alpha value is -2.24. The fourth-order valence-electron chi connectivity index (χ4n) is 3.48. The second-order valence-corrected chi connectivity index (χ2v) is 10.7. The maximum absolute atomic E-state index is 14.4. The van der Waals surface area contributed by atoms with Gasteiger partial charge in [0.1, 0.15) is 5.82 Å². The number of primary sulfonamides is 1. The number of hydrogen-bond acceptors (Lipinski definition) is 5. The third kappa shape index (κ3) is 4.33. The second-order valence-electron chi connectivity index (χ2n) is 7.15. The zero-order valence-corrected chi connectivity index (χ0v) is 19.8. The third-order valence-electron chi connectivity index (χ3n) is 4.94. The van der Waals surface area contributed by atoms with Gasteiger partial charge in [0.2, 0.25) is 10.0 Å². The fourth-order valence-corrected chi connectivity index (χ4v) is 5.94. The molecule has 168 valence electrons. The monoisotopic (exact) mass is 514 g/mol. The van der Waals surface area contributed by atoms with Gasteiger partial charge in [-0.3, -0.25) is 9.80 Å². The smallest absolute Gasteiger partial charge is 0.294 e. The van der Waals surface area contributed by atoms with Gasteiger partial charge in [-0.2, -0.15) is 0 Å². The number of anilines is 2. The van der Waals surface area contributed by atoms with Gasteiger partial charge in [0.25, 0.3) is 0 Å². The first kappa shape index (κ1) is 22.9. The van der Waals surface area contributed by atoms with Crippen LogP contribution in [-0.4, -0.2) is 32.5 Å². The highest BCUT2D eigenvalue weighted by Gasteiger charge is 2.31. The molecule has 1 aliphatic heterocycles. The Morgan fingerprint density at radius 2 is 1.78 bits per heavy atom. The predicted octanol–water partition coefficient (Wildman–Crippen LogP) is 5.05. The minimum absolute atomic E-state index is 0.0658. The van der Waals surface area contributed by atoms with Crippen LogP contribution >= 0.6 is 34.5 Å². The molecular weight excluding hydrogens is 498 g/mol. The number of urea groups is 1. The Morgan fingerprint density at radius 1 is 1.12 bits per heavy atom. The SMILES string of the molecule is Cc1nc(N2CCCN(c3ccc(-c4cc(Cl)cc(Cl)c4F)cc3)C2=O)sc1S(N)(=O)=O. The van der Waals surface area contributed by atoms with Gasteiger partial charge in [0, 0.05) is 29.4 Å². The second kappa shape index (κ2) is 8.60. The number of aromatic nitrogens is 1. The number of nitrogens with zero attached hydrogens (tertiary/aromatic N) is 3. The lowest BCUT2D eigenvalue weighted by molar-refractivity contribution is 0.248. The molecule has 1 aromatic heterocycles. The molecule has 0 radical (unpaired) electrons. The van der Waals surface area contributed by atoms with Gasteiger partial charge in [-0.25, -0.2) is 27.7 Å². The quantitative estimate of drug-likeness (QED) is 0.492. The van der Waals surface area contributed by atoms with Gasteiger partial charge in [-0.05, 0) is 43.2 Å². The van der Waals surface area contributed by atoms with Crippen LogP contribution in [0.2, 0.25) is 10.0 Å². The highest BCUT2D eigenvalue weighted by Crippen LogP contribution is 2.34. The molecule has 1 fully saturated rings. The van der Waals surface area contributed by atoms with Crippen molar-refractivity contribution in [1.82, 2.24) is 4.98 Å². The predicted molar refractivity (Wildman–Crippen MR) is 125 cm³/mol. The third-order valence-corrected chi connectivity index (χ3v) is 8.17. The van der Waals surface area contributed by atoms with Crippen LogP contribution < -0.4 is 14.9 Å². The molecule has 1 saturated heterocycles. The summed E-state index contributed by atoms with van der Waals surface area (Å²) in [6.45, 7) is 2.40. The topological polar surface area (TPSA) is 96.6 Å². The Kier molecular flexibility index (Phi) is 6.17. The molecule has 0 unspecified atom stereocenters. The Morgan fingerprint density at radius 3 is 2.41 bits per heavy atom. The lowest BCUT2D eigenvalue weighted by Crippen LogP contribution is -2.49. The Labute approximate surface area is 198 Å². The van der Waals surface area contributed by atoms with E-state index in [1.165, 1.54) is 24.0 Å². The summed E-state index contributed by atoms with van der Waals surface area (Å²) in [5.41, 5.74) is 1.68. The molecule has 3 aromatic rings. The van der Waals surface area contributed by atoms with Crippen LogP contribution in [0.1, 0.15) is 12.1 Å². The largest absolute Gasteiger partial charge is 0.330 e. The van der Waals surface area contributed by atoms with Crippen molar-refractivity contribution in [2.75, 3.05) is 22.9 Å². The molecule has 2 N–H and O–H groups in total. The molecule has 0 aliphatic carbocycles. The summed E-state index contributed by atoms with van der Waals surface area (Å²) in [4.78, 5) is 20.4. The van der Waals surface area contributed by atoms with Gasteiger partial charge in [-0.15, -0.1) is 0 Å². The molecule has 2 aromatic carbocycles. The summed E-state index contributed by atoms with van der Waals surface area (Å²) in [6.07, 6.45) is 0.648. The average Bonchev–Trinajstić information content (AvgIpc) is 3.13. The van der Waals surface area contributed by atoms with E-state index in [-0.39, 0.29) is 31.7 Å². The van der Waals surface area contributed by atoms with Crippen molar-refractivity contribution in [3.8, 4) is 11.1 Å². The van der Waals surface area contributed by atoms with Gasteiger partial charge >= 0.3 is 6.03 Å². The Bertz CT molecular complexity index is 1310. The number of nitrogens with two attached hydrogens (primary N) is 1. The lowest BCUT2D eigenvalue weighted by atomic mass is 10.0. The van der Waals surface area contributed by atoms with Crippen LogP contribution in [0, 0.1) is 12.7 Å². The van der Waals surface area contributed by atoms with E-state index < -0.39 is 15.8 Å². The van der Waals surface area contributed by atoms with E-state index in [4.69, 9.17) is 28.3 Å². The maximum atomic E-state index is 14.4. The highest BCUT2D eigenvalue weighted by atomic mass is 35.5. The molecular formula is C20H17Cl2FN4O3S2. The minimum Gasteiger partial charge on any atom is -0.294 e. The van der Waals surface area contributed by atoms with Crippen LogP contribution in [0.4, 0.5) is 20.0 Å². The summed E-state index contributed by atoms with van der Waals surface area (Å²) in [6, 6.07) is 9.24. The van der Waals surface area contributed by atoms with Gasteiger partial charge < -0.3 is 0 Å². The van der Waals surface area contributed by atoms with Crippen molar-refractivity contribution >= 4 is 61.4 Å². The number of sulfonamides is 1. The van der Waals surface area contributed by atoms with Crippen LogP contribution in [0.25, 0.3) is 11.1 Å². The first-order valence-corrected chi connectivity index (χ1v) is 12.5. The number of hydrogen-bond donors (Lipinski definition) is 1. The standard InChI is InChI=1S/C20H17Cl2FN4O3S2/c1-11-18(32(24,29)30)31-19(25-11)27-8-2-7-26(20(27)28)14-5-3-12(4-6-14)15-9-13(21)10-16(22)17(15)23/h3-6,9-10H,2,7-8H2,1H3,(H2,24,29,30). The summed E-state index contributed by atoms with van der Waals surface area (Å²) >= 11 is 12.8. The first-order valence-electron chi connectivity index (χ1n) is 9.40. The number of carbonyl (C=O) groups excluding carboxylic acids is 1. The highest BCUT2D eigenvalue weighted by molar-refractivity contribution is 7.91. The summed E-state index contributed by atoms with van der Waals surface area (Å²) < 4.78 is 37.8. The molecule has 4 rings (SSSR count). The number of carbonyl (C=O) groups is 1. The number of rotatable bonds is 4. The number of thiazole rings is 1. The van der Waals surface area contributed by atoms with E-state index in [1.54, 1.807) is 29.2 Å². The molecule has 0 spiro atoms. The van der Waals surface area contributed by atoms with Gasteiger partial charge in [0.05, 0.1) is 10.7 Å². The van der Waals surface area contributed by atoms with E-state index in [2.05, 4.69) is 4.98 Å². The number of aryl methyl sites for hydroxylation is 1. The maximum Gasteiger partial charge on any atom is 0.330 e. The normalized spacial score (nSPS) is 14.8. The number of halogens is 3. The van der Waals surface area contributed by atoms with Crippen molar-refractivity contribution in [2.24, 2.45) is 5.14 Å². The van der Waals surface area contributed by atoms with Gasteiger partial charge in [0.15, 0.2) is 9.34 Å². The first-order chi connectivity index (χ1) is 15.1. The van der Waals surface area contributed by atoms with Crippen molar-refractivity contribution < 1.29 is 17.6 Å². The summed E-state index contributed by atoms with van der Waals surface area (Å²) in [5.74, 6) is -0.575. The van der Waals surface area contributed by atoms with E-state index in [1.807, 2.05) is 0 Å². The van der Waals surface area contributed by atoms with Crippen molar-refractivity contribution in [3.63, 3.8) is 0 Å².